The summed E-state index contributed by atoms with van der Waals surface area (Å²) in [5, 5.41) is 0. The highest BCUT2D eigenvalue weighted by Crippen LogP contribution is 2.24. The molecule has 0 amide bonds. The molecular weight excluding hydrogens is 110 g/mol. The van der Waals surface area contributed by atoms with E-state index in [1.54, 1.807) is 5.70 Å². The van der Waals surface area contributed by atoms with Crippen molar-refractivity contribution in [3.63, 3.8) is 0 Å². The summed E-state index contributed by atoms with van der Waals surface area (Å²) in [5.74, 6) is 0. The number of nitrogens with zero attached hydrogens (tertiary/aromatic N) is 1. The van der Waals surface area contributed by atoms with Crippen LogP contribution in [0.3, 0.4) is 0 Å². The van der Waals surface area contributed by atoms with Crippen molar-refractivity contribution >= 4 is 0 Å². The summed E-state index contributed by atoms with van der Waals surface area (Å²) in [7, 11) is 0. The van der Waals surface area contributed by atoms with Crippen molar-refractivity contribution in [1.82, 2.24) is 4.90 Å². The first-order valence-electron chi connectivity index (χ1n) is 3.91. The lowest BCUT2D eigenvalue weighted by atomic mass is 10.1. The van der Waals surface area contributed by atoms with Crippen molar-refractivity contribution in [1.29, 1.82) is 0 Å². The summed E-state index contributed by atoms with van der Waals surface area (Å²) >= 11 is 0. The second kappa shape index (κ2) is 2.05. The van der Waals surface area contributed by atoms with Gasteiger partial charge in [-0.05, 0) is 25.7 Å². The third-order valence-corrected chi connectivity index (χ3v) is 2.12. The summed E-state index contributed by atoms with van der Waals surface area (Å²) in [5.41, 5.74) is 1.63. The Bertz CT molecular complexity index is 134. The Balaban J connectivity index is 1.99. The van der Waals surface area contributed by atoms with Crippen LogP contribution in [-0.2, 0) is 0 Å². The molecule has 0 aromatic carbocycles. The van der Waals surface area contributed by atoms with E-state index < -0.39 is 0 Å². The maximum absolute atomic E-state index is 2.47. The third kappa shape index (κ3) is 1.09. The van der Waals surface area contributed by atoms with Crippen LogP contribution in [0.15, 0.2) is 11.8 Å². The van der Waals surface area contributed by atoms with E-state index >= 15 is 0 Å². The van der Waals surface area contributed by atoms with Crippen LogP contribution >= 0.6 is 0 Å². The van der Waals surface area contributed by atoms with Gasteiger partial charge in [0.25, 0.3) is 0 Å². The molecule has 0 saturated carbocycles. The predicted octanol–water partition coefficient (Wildman–Crippen LogP) is 1.76. The van der Waals surface area contributed by atoms with Gasteiger partial charge in [0.05, 0.1) is 0 Å². The van der Waals surface area contributed by atoms with Crippen LogP contribution < -0.4 is 0 Å². The molecule has 0 aromatic heterocycles. The van der Waals surface area contributed by atoms with Gasteiger partial charge < -0.3 is 4.90 Å². The van der Waals surface area contributed by atoms with Gasteiger partial charge in [0.1, 0.15) is 0 Å². The lowest BCUT2D eigenvalue weighted by Gasteiger charge is -2.12. The van der Waals surface area contributed by atoms with Crippen LogP contribution in [0.25, 0.3) is 0 Å². The quantitative estimate of drug-likeness (QED) is 0.480. The molecule has 1 aliphatic carbocycles. The van der Waals surface area contributed by atoms with E-state index in [0.717, 1.165) is 0 Å². The molecule has 1 heterocycles. The average Bonchev–Trinajstić information content (AvgIpc) is 2.71. The molecule has 0 atom stereocenters. The van der Waals surface area contributed by atoms with E-state index in [4.69, 9.17) is 0 Å². The van der Waals surface area contributed by atoms with E-state index in [-0.39, 0.29) is 0 Å². The molecule has 0 unspecified atom stereocenters. The minimum atomic E-state index is 1.33. The Morgan fingerprint density at radius 1 is 1.22 bits per heavy atom. The molecule has 0 radical (unpaired) electrons. The molecule has 2 rings (SSSR count). The zero-order valence-electron chi connectivity index (χ0n) is 5.77. The van der Waals surface area contributed by atoms with Gasteiger partial charge in [-0.25, -0.2) is 0 Å². The van der Waals surface area contributed by atoms with Crippen LogP contribution in [-0.4, -0.2) is 18.0 Å². The Labute approximate surface area is 56.4 Å². The molecule has 0 aromatic rings. The maximum Gasteiger partial charge on any atom is 0.0351 e. The lowest BCUT2D eigenvalue weighted by Crippen LogP contribution is -2.00. The highest BCUT2D eigenvalue weighted by atomic mass is 15.3. The number of hydrogen-bond acceptors (Lipinski definition) is 1. The van der Waals surface area contributed by atoms with E-state index in [1.807, 2.05) is 0 Å². The van der Waals surface area contributed by atoms with E-state index in [0.29, 0.717) is 0 Å². The SMILES string of the molecule is C1=C(N2CC2)CCCC1. The Hall–Kier alpha value is -0.460. The molecule has 2 aliphatic rings. The third-order valence-electron chi connectivity index (χ3n) is 2.12. The molecule has 1 saturated heterocycles. The molecule has 0 bridgehead atoms. The summed E-state index contributed by atoms with van der Waals surface area (Å²) < 4.78 is 0. The fraction of sp³-hybridized carbons (Fsp3) is 0.750. The van der Waals surface area contributed by atoms with Crippen molar-refractivity contribution in [2.45, 2.75) is 25.7 Å². The minimum absolute atomic E-state index is 1.33. The maximum atomic E-state index is 2.47. The van der Waals surface area contributed by atoms with Crippen molar-refractivity contribution < 1.29 is 0 Å². The molecule has 9 heavy (non-hydrogen) atoms. The van der Waals surface area contributed by atoms with Gasteiger partial charge in [-0.15, -0.1) is 0 Å². The molecule has 1 aliphatic heterocycles. The Morgan fingerprint density at radius 2 is 2.11 bits per heavy atom. The Kier molecular flexibility index (Phi) is 1.22. The highest BCUT2D eigenvalue weighted by Gasteiger charge is 2.20. The van der Waals surface area contributed by atoms with Crippen LogP contribution in [0.2, 0.25) is 0 Å². The molecule has 0 N–H and O–H groups in total. The monoisotopic (exact) mass is 123 g/mol. The Morgan fingerprint density at radius 3 is 2.67 bits per heavy atom. The normalized spacial score (nSPS) is 25.8. The van der Waals surface area contributed by atoms with Gasteiger partial charge in [0.15, 0.2) is 0 Å². The first kappa shape index (κ1) is 5.33. The summed E-state index contributed by atoms with van der Waals surface area (Å²) in [6.45, 7) is 2.65. The van der Waals surface area contributed by atoms with Gasteiger partial charge in [0.2, 0.25) is 0 Å². The van der Waals surface area contributed by atoms with Crippen molar-refractivity contribution in [3.8, 4) is 0 Å². The lowest BCUT2D eigenvalue weighted by molar-refractivity contribution is 0.574. The van der Waals surface area contributed by atoms with Gasteiger partial charge in [-0.1, -0.05) is 6.08 Å². The van der Waals surface area contributed by atoms with Crippen LogP contribution in [0, 0.1) is 0 Å². The fourth-order valence-corrected chi connectivity index (χ4v) is 1.45. The van der Waals surface area contributed by atoms with E-state index in [9.17, 15) is 0 Å². The number of rotatable bonds is 1. The molecular formula is C8H13N. The van der Waals surface area contributed by atoms with Gasteiger partial charge >= 0.3 is 0 Å². The molecule has 1 fully saturated rings. The number of hydrogen-bond donors (Lipinski definition) is 0. The summed E-state index contributed by atoms with van der Waals surface area (Å²) in [6, 6.07) is 0. The van der Waals surface area contributed by atoms with Crippen molar-refractivity contribution in [2.24, 2.45) is 0 Å². The van der Waals surface area contributed by atoms with Crippen molar-refractivity contribution in [3.05, 3.63) is 11.8 Å². The van der Waals surface area contributed by atoms with Gasteiger partial charge in [-0.3, -0.25) is 0 Å². The first-order valence-corrected chi connectivity index (χ1v) is 3.91. The second-order valence-electron chi connectivity index (χ2n) is 2.93. The van der Waals surface area contributed by atoms with Crippen LogP contribution in [0.4, 0.5) is 0 Å². The van der Waals surface area contributed by atoms with Crippen LogP contribution in [0.1, 0.15) is 25.7 Å². The topological polar surface area (TPSA) is 3.01 Å². The first-order chi connectivity index (χ1) is 4.47. The van der Waals surface area contributed by atoms with Gasteiger partial charge in [0, 0.05) is 18.8 Å². The minimum Gasteiger partial charge on any atom is -0.372 e. The summed E-state index contributed by atoms with van der Waals surface area (Å²) in [6.07, 6.45) is 7.92. The van der Waals surface area contributed by atoms with Gasteiger partial charge in [-0.2, -0.15) is 0 Å². The largest absolute Gasteiger partial charge is 0.372 e. The molecule has 1 nitrogen and oxygen atoms in total. The number of allylic oxidation sites excluding steroid dienone is 2. The highest BCUT2D eigenvalue weighted by molar-refractivity contribution is 5.08. The van der Waals surface area contributed by atoms with Crippen LogP contribution in [0.5, 0.6) is 0 Å². The molecule has 1 heteroatoms. The zero-order valence-corrected chi connectivity index (χ0v) is 5.77. The second-order valence-corrected chi connectivity index (χ2v) is 2.93. The molecule has 0 spiro atoms. The average molecular weight is 123 g/mol. The van der Waals surface area contributed by atoms with E-state index in [2.05, 4.69) is 11.0 Å². The van der Waals surface area contributed by atoms with Crippen molar-refractivity contribution in [2.75, 3.05) is 13.1 Å². The summed E-state index contributed by atoms with van der Waals surface area (Å²) in [4.78, 5) is 2.47. The smallest absolute Gasteiger partial charge is 0.0351 e. The van der Waals surface area contributed by atoms with E-state index in [1.165, 1.54) is 38.8 Å². The fourth-order valence-electron chi connectivity index (χ4n) is 1.45. The predicted molar refractivity (Wildman–Crippen MR) is 38.1 cm³/mol. The molecule has 50 valence electrons. The zero-order chi connectivity index (χ0) is 6.10. The standard InChI is InChI=1S/C8H13N/c1-2-4-8(5-3-1)9-6-7-9/h4H,1-3,5-7H2.